The summed E-state index contributed by atoms with van der Waals surface area (Å²) in [6.07, 6.45) is -0.521. The molecule has 0 radical (unpaired) electrons. The van der Waals surface area contributed by atoms with Crippen LogP contribution in [0.3, 0.4) is 0 Å². The van der Waals surface area contributed by atoms with Gasteiger partial charge >= 0.3 is 7.82 Å². The van der Waals surface area contributed by atoms with Crippen LogP contribution in [-0.4, -0.2) is 51.9 Å². The maximum atomic E-state index is 12.5. The smallest absolute Gasteiger partial charge is 0.404 e. The van der Waals surface area contributed by atoms with Gasteiger partial charge in [-0.15, -0.1) is 0 Å². The molecule has 0 bridgehead atoms. The van der Waals surface area contributed by atoms with Gasteiger partial charge < -0.3 is 31.9 Å². The maximum Gasteiger partial charge on any atom is 0.524 e. The lowest BCUT2D eigenvalue weighted by Crippen LogP contribution is -2.50. The molecule has 0 saturated carbocycles. The Morgan fingerprint density at radius 1 is 1.06 bits per heavy atom. The van der Waals surface area contributed by atoms with Crippen LogP contribution >= 0.6 is 7.82 Å². The SMILES string of the molecule is CC(=O)N[C@H](C(=O)NCC(=O)N[C@@H](CC(N)=O)C(N)=O)c1ccc(OP(=O)(O)O)cc1. The van der Waals surface area contributed by atoms with E-state index in [-0.39, 0.29) is 11.3 Å². The highest BCUT2D eigenvalue weighted by molar-refractivity contribution is 7.46. The first-order valence-corrected chi connectivity index (χ1v) is 10.1. The van der Waals surface area contributed by atoms with Gasteiger partial charge in [-0.25, -0.2) is 4.57 Å². The molecule has 9 N–H and O–H groups in total. The molecule has 0 saturated heterocycles. The Bertz CT molecular complexity index is 899. The zero-order valence-electron chi connectivity index (χ0n) is 16.2. The lowest BCUT2D eigenvalue weighted by Gasteiger charge is -2.19. The summed E-state index contributed by atoms with van der Waals surface area (Å²) in [7, 11) is -4.77. The molecule has 2 atom stereocenters. The number of carbonyl (C=O) groups excluding carboxylic acids is 5. The van der Waals surface area contributed by atoms with Gasteiger partial charge in [0.15, 0.2) is 0 Å². The van der Waals surface area contributed by atoms with Crippen LogP contribution < -0.4 is 31.9 Å². The van der Waals surface area contributed by atoms with Gasteiger partial charge in [-0.3, -0.25) is 33.8 Å². The van der Waals surface area contributed by atoms with Gasteiger partial charge in [-0.1, -0.05) is 12.1 Å². The van der Waals surface area contributed by atoms with Gasteiger partial charge in [-0.05, 0) is 17.7 Å². The van der Waals surface area contributed by atoms with Crippen LogP contribution in [0.5, 0.6) is 5.75 Å². The predicted molar refractivity (Wildman–Crippen MR) is 104 cm³/mol. The van der Waals surface area contributed by atoms with E-state index < -0.39 is 62.4 Å². The second-order valence-corrected chi connectivity index (χ2v) is 7.36. The summed E-state index contributed by atoms with van der Waals surface area (Å²) in [6, 6.07) is 2.29. The molecular formula is C16H22N5O9P. The van der Waals surface area contributed by atoms with Crippen molar-refractivity contribution in [2.24, 2.45) is 11.5 Å². The first kappa shape index (κ1) is 25.6. The minimum Gasteiger partial charge on any atom is -0.404 e. The first-order valence-electron chi connectivity index (χ1n) is 8.55. The van der Waals surface area contributed by atoms with Crippen LogP contribution in [0.25, 0.3) is 0 Å². The number of phosphoric ester groups is 1. The second kappa shape index (κ2) is 11.1. The third-order valence-corrected chi connectivity index (χ3v) is 4.00. The van der Waals surface area contributed by atoms with Crippen LogP contribution in [0.1, 0.15) is 24.9 Å². The van der Waals surface area contributed by atoms with Crippen molar-refractivity contribution < 1.29 is 42.8 Å². The van der Waals surface area contributed by atoms with E-state index in [1.165, 1.54) is 24.3 Å². The summed E-state index contributed by atoms with van der Waals surface area (Å²) in [5.74, 6) is -4.26. The Kier molecular flexibility index (Phi) is 9.12. The van der Waals surface area contributed by atoms with Crippen molar-refractivity contribution in [3.63, 3.8) is 0 Å². The number of nitrogens with one attached hydrogen (secondary N) is 3. The zero-order chi connectivity index (χ0) is 23.8. The Morgan fingerprint density at radius 3 is 2.10 bits per heavy atom. The number of primary amides is 2. The summed E-state index contributed by atoms with van der Waals surface area (Å²) in [5, 5.41) is 6.75. The van der Waals surface area contributed by atoms with Crippen molar-refractivity contribution in [3.8, 4) is 5.75 Å². The monoisotopic (exact) mass is 459 g/mol. The molecule has 1 aromatic carbocycles. The number of rotatable bonds is 11. The quantitative estimate of drug-likeness (QED) is 0.170. The number of hydrogen-bond acceptors (Lipinski definition) is 7. The summed E-state index contributed by atoms with van der Waals surface area (Å²) in [4.78, 5) is 75.6. The number of hydrogen-bond donors (Lipinski definition) is 7. The van der Waals surface area contributed by atoms with Crippen molar-refractivity contribution in [2.75, 3.05) is 6.54 Å². The predicted octanol–water partition coefficient (Wildman–Crippen LogP) is -2.70. The molecule has 5 amide bonds. The van der Waals surface area contributed by atoms with E-state index in [1.807, 2.05) is 0 Å². The third-order valence-electron chi connectivity index (χ3n) is 3.55. The molecule has 0 aromatic heterocycles. The van der Waals surface area contributed by atoms with Gasteiger partial charge in [0.25, 0.3) is 0 Å². The third kappa shape index (κ3) is 9.71. The Hall–Kier alpha value is -3.48. The molecule has 0 aliphatic rings. The molecule has 1 rings (SSSR count). The van der Waals surface area contributed by atoms with E-state index in [9.17, 15) is 28.5 Å². The number of amides is 5. The molecule has 0 unspecified atom stereocenters. The lowest BCUT2D eigenvalue weighted by molar-refractivity contribution is -0.131. The number of benzene rings is 1. The topological polar surface area (TPSA) is 240 Å². The minimum absolute atomic E-state index is 0.176. The van der Waals surface area contributed by atoms with E-state index in [2.05, 4.69) is 20.5 Å². The molecule has 0 heterocycles. The van der Waals surface area contributed by atoms with Crippen LogP contribution in [0.4, 0.5) is 0 Å². The van der Waals surface area contributed by atoms with Crippen LogP contribution in [0, 0.1) is 0 Å². The van der Waals surface area contributed by atoms with E-state index in [0.717, 1.165) is 6.92 Å². The standard InChI is InChI=1S/C16H22N5O9P/c1-8(22)20-14(9-2-4-10(5-3-9)30-31(27,28)29)16(26)19-7-13(24)21-11(15(18)25)6-12(17)23/h2-5,11,14H,6-7H2,1H3,(H2,17,23)(H2,18,25)(H,19,26)(H,20,22)(H,21,24)(H2,27,28,29)/t11-,14-/m0/s1. The highest BCUT2D eigenvalue weighted by atomic mass is 31.2. The van der Waals surface area contributed by atoms with E-state index in [4.69, 9.17) is 21.3 Å². The van der Waals surface area contributed by atoms with E-state index >= 15 is 0 Å². The van der Waals surface area contributed by atoms with Crippen molar-refractivity contribution in [1.82, 2.24) is 16.0 Å². The molecule has 14 nitrogen and oxygen atoms in total. The summed E-state index contributed by atoms with van der Waals surface area (Å²) in [6.45, 7) is 0.538. The molecule has 0 fully saturated rings. The fraction of sp³-hybridized carbons (Fsp3) is 0.312. The lowest BCUT2D eigenvalue weighted by atomic mass is 10.1. The summed E-state index contributed by atoms with van der Waals surface area (Å²) < 4.78 is 15.3. The molecule has 0 spiro atoms. The second-order valence-electron chi connectivity index (χ2n) is 6.20. The molecule has 1 aromatic rings. The number of carbonyl (C=O) groups is 5. The minimum atomic E-state index is -4.77. The molecular weight excluding hydrogens is 437 g/mol. The van der Waals surface area contributed by atoms with Gasteiger partial charge in [0.05, 0.1) is 13.0 Å². The first-order chi connectivity index (χ1) is 14.3. The number of nitrogens with two attached hydrogens (primary N) is 2. The molecule has 0 aliphatic carbocycles. The van der Waals surface area contributed by atoms with Crippen molar-refractivity contribution in [1.29, 1.82) is 0 Å². The van der Waals surface area contributed by atoms with Crippen molar-refractivity contribution in [2.45, 2.75) is 25.4 Å². The van der Waals surface area contributed by atoms with E-state index in [1.54, 1.807) is 0 Å². The van der Waals surface area contributed by atoms with Crippen molar-refractivity contribution >= 4 is 37.4 Å². The van der Waals surface area contributed by atoms with Crippen LogP contribution in [-0.2, 0) is 28.5 Å². The van der Waals surface area contributed by atoms with Gasteiger partial charge in [0.2, 0.25) is 29.5 Å². The highest BCUT2D eigenvalue weighted by Gasteiger charge is 2.24. The van der Waals surface area contributed by atoms with Gasteiger partial charge in [-0.2, -0.15) is 0 Å². The molecule has 31 heavy (non-hydrogen) atoms. The summed E-state index contributed by atoms with van der Waals surface area (Å²) in [5.41, 5.74) is 10.2. The van der Waals surface area contributed by atoms with Crippen LogP contribution in [0.15, 0.2) is 24.3 Å². The number of phosphoric acid groups is 1. The van der Waals surface area contributed by atoms with Gasteiger partial charge in [0, 0.05) is 6.92 Å². The van der Waals surface area contributed by atoms with E-state index in [0.29, 0.717) is 0 Å². The fourth-order valence-electron chi connectivity index (χ4n) is 2.30. The molecule has 0 aliphatic heterocycles. The highest BCUT2D eigenvalue weighted by Crippen LogP contribution is 2.37. The Labute approximate surface area is 175 Å². The van der Waals surface area contributed by atoms with Gasteiger partial charge in [0.1, 0.15) is 17.8 Å². The molecule has 170 valence electrons. The molecule has 15 heteroatoms. The zero-order valence-corrected chi connectivity index (χ0v) is 17.1. The maximum absolute atomic E-state index is 12.5. The van der Waals surface area contributed by atoms with Crippen LogP contribution in [0.2, 0.25) is 0 Å². The fourth-order valence-corrected chi connectivity index (χ4v) is 2.70. The Balaban J connectivity index is 2.83. The van der Waals surface area contributed by atoms with Crippen molar-refractivity contribution in [3.05, 3.63) is 29.8 Å². The average Bonchev–Trinajstić information content (AvgIpc) is 2.62. The normalized spacial score (nSPS) is 12.7. The largest absolute Gasteiger partial charge is 0.524 e. The Morgan fingerprint density at radius 2 is 1.65 bits per heavy atom. The summed E-state index contributed by atoms with van der Waals surface area (Å²) >= 11 is 0. The average molecular weight is 459 g/mol.